The number of carbonyl (C=O) groups excluding carboxylic acids is 1. The van der Waals surface area contributed by atoms with Gasteiger partial charge in [-0.1, -0.05) is 43.2 Å². The Morgan fingerprint density at radius 2 is 1.46 bits per heavy atom. The standard InChI is InChI=1S/C22H28N2O3S/c1-22(2,18-10-6-5-7-11-18)21(25)23-19-12-14-20(15-13-19)28(26,27)24-16-8-3-4-9-17-24/h5-7,10-15H,3-4,8-9,16-17H2,1-2H3,(H,23,25). The molecule has 1 aliphatic heterocycles. The minimum absolute atomic E-state index is 0.137. The van der Waals surface area contributed by atoms with E-state index < -0.39 is 15.4 Å². The monoisotopic (exact) mass is 400 g/mol. The normalized spacial score (nSPS) is 16.4. The lowest BCUT2D eigenvalue weighted by Gasteiger charge is -2.24. The summed E-state index contributed by atoms with van der Waals surface area (Å²) in [5, 5.41) is 2.90. The molecule has 0 saturated carbocycles. The van der Waals surface area contributed by atoms with Crippen molar-refractivity contribution < 1.29 is 13.2 Å². The zero-order valence-electron chi connectivity index (χ0n) is 16.5. The summed E-state index contributed by atoms with van der Waals surface area (Å²) < 4.78 is 27.3. The van der Waals surface area contributed by atoms with Crippen molar-refractivity contribution in [1.29, 1.82) is 0 Å². The molecule has 0 atom stereocenters. The summed E-state index contributed by atoms with van der Waals surface area (Å²) in [6, 6.07) is 16.1. The zero-order valence-corrected chi connectivity index (χ0v) is 17.3. The molecular formula is C22H28N2O3S. The first-order valence-electron chi connectivity index (χ1n) is 9.79. The highest BCUT2D eigenvalue weighted by Crippen LogP contribution is 2.26. The second kappa shape index (κ2) is 8.45. The van der Waals surface area contributed by atoms with E-state index in [-0.39, 0.29) is 10.8 Å². The van der Waals surface area contributed by atoms with E-state index in [1.165, 1.54) is 0 Å². The SMILES string of the molecule is CC(C)(C(=O)Nc1ccc(S(=O)(=O)N2CCCCCC2)cc1)c1ccccc1. The maximum atomic E-state index is 12.9. The number of anilines is 1. The van der Waals surface area contributed by atoms with Crippen molar-refractivity contribution in [2.75, 3.05) is 18.4 Å². The van der Waals surface area contributed by atoms with Crippen LogP contribution in [0.15, 0.2) is 59.5 Å². The van der Waals surface area contributed by atoms with Crippen LogP contribution in [-0.2, 0) is 20.2 Å². The van der Waals surface area contributed by atoms with Crippen LogP contribution in [0.25, 0.3) is 0 Å². The van der Waals surface area contributed by atoms with Gasteiger partial charge in [-0.3, -0.25) is 4.79 Å². The Morgan fingerprint density at radius 1 is 0.893 bits per heavy atom. The Labute approximate surface area is 167 Å². The van der Waals surface area contributed by atoms with E-state index in [0.717, 1.165) is 31.2 Å². The fourth-order valence-corrected chi connectivity index (χ4v) is 4.93. The van der Waals surface area contributed by atoms with Gasteiger partial charge in [0.1, 0.15) is 0 Å². The van der Waals surface area contributed by atoms with E-state index in [0.29, 0.717) is 18.8 Å². The van der Waals surface area contributed by atoms with E-state index >= 15 is 0 Å². The second-order valence-electron chi connectivity index (χ2n) is 7.79. The molecule has 0 aliphatic carbocycles. The Bertz CT molecular complexity index is 899. The van der Waals surface area contributed by atoms with Gasteiger partial charge in [-0.05, 0) is 56.5 Å². The van der Waals surface area contributed by atoms with Crippen molar-refractivity contribution in [3.8, 4) is 0 Å². The van der Waals surface area contributed by atoms with Crippen LogP contribution in [0, 0.1) is 0 Å². The first-order chi connectivity index (χ1) is 13.3. The molecule has 28 heavy (non-hydrogen) atoms. The first-order valence-corrected chi connectivity index (χ1v) is 11.2. The van der Waals surface area contributed by atoms with Crippen LogP contribution in [-0.4, -0.2) is 31.7 Å². The summed E-state index contributed by atoms with van der Waals surface area (Å²) in [6.07, 6.45) is 3.96. The highest BCUT2D eigenvalue weighted by atomic mass is 32.2. The molecule has 1 N–H and O–H groups in total. The van der Waals surface area contributed by atoms with Crippen LogP contribution in [0.1, 0.15) is 45.1 Å². The largest absolute Gasteiger partial charge is 0.325 e. The maximum absolute atomic E-state index is 12.9. The second-order valence-corrected chi connectivity index (χ2v) is 9.73. The molecule has 1 aliphatic rings. The average molecular weight is 401 g/mol. The van der Waals surface area contributed by atoms with Crippen LogP contribution in [0.2, 0.25) is 0 Å². The van der Waals surface area contributed by atoms with Crippen molar-refractivity contribution >= 4 is 21.6 Å². The predicted molar refractivity (Wildman–Crippen MR) is 112 cm³/mol. The number of hydrogen-bond donors (Lipinski definition) is 1. The van der Waals surface area contributed by atoms with Crippen LogP contribution < -0.4 is 5.32 Å². The summed E-state index contributed by atoms with van der Waals surface area (Å²) >= 11 is 0. The van der Waals surface area contributed by atoms with Crippen molar-refractivity contribution in [2.45, 2.75) is 49.8 Å². The van der Waals surface area contributed by atoms with Gasteiger partial charge in [-0.25, -0.2) is 8.42 Å². The number of hydrogen-bond acceptors (Lipinski definition) is 3. The molecule has 0 bridgehead atoms. The smallest absolute Gasteiger partial charge is 0.243 e. The topological polar surface area (TPSA) is 66.5 Å². The Morgan fingerprint density at radius 3 is 2.04 bits per heavy atom. The fraction of sp³-hybridized carbons (Fsp3) is 0.409. The van der Waals surface area contributed by atoms with Crippen molar-refractivity contribution in [2.24, 2.45) is 0 Å². The summed E-state index contributed by atoms with van der Waals surface area (Å²) in [5.41, 5.74) is 0.814. The van der Waals surface area contributed by atoms with E-state index in [1.807, 2.05) is 44.2 Å². The highest BCUT2D eigenvalue weighted by Gasteiger charge is 2.30. The van der Waals surface area contributed by atoms with Crippen LogP contribution in [0.5, 0.6) is 0 Å². The van der Waals surface area contributed by atoms with Crippen molar-refractivity contribution in [3.05, 3.63) is 60.2 Å². The number of carbonyl (C=O) groups is 1. The Balaban J connectivity index is 1.73. The van der Waals surface area contributed by atoms with Crippen LogP contribution in [0.3, 0.4) is 0 Å². The Hall–Kier alpha value is -2.18. The molecule has 1 amide bonds. The molecule has 5 nitrogen and oxygen atoms in total. The minimum Gasteiger partial charge on any atom is -0.325 e. The highest BCUT2D eigenvalue weighted by molar-refractivity contribution is 7.89. The van der Waals surface area contributed by atoms with Crippen molar-refractivity contribution in [1.82, 2.24) is 4.31 Å². The van der Waals surface area contributed by atoms with Crippen LogP contribution >= 0.6 is 0 Å². The molecule has 3 rings (SSSR count). The van der Waals surface area contributed by atoms with Gasteiger partial charge < -0.3 is 5.32 Å². The molecule has 0 aromatic heterocycles. The third-order valence-electron chi connectivity index (χ3n) is 5.38. The molecule has 1 heterocycles. The quantitative estimate of drug-likeness (QED) is 0.819. The van der Waals surface area contributed by atoms with Gasteiger partial charge in [-0.15, -0.1) is 0 Å². The molecule has 2 aromatic rings. The number of nitrogens with one attached hydrogen (secondary N) is 1. The summed E-state index contributed by atoms with van der Waals surface area (Å²) in [5.74, 6) is -0.137. The molecule has 0 unspecified atom stereocenters. The van der Waals surface area contributed by atoms with Gasteiger partial charge in [0.15, 0.2) is 0 Å². The number of nitrogens with zero attached hydrogens (tertiary/aromatic N) is 1. The van der Waals surface area contributed by atoms with E-state index in [9.17, 15) is 13.2 Å². The lowest BCUT2D eigenvalue weighted by molar-refractivity contribution is -0.120. The molecule has 1 fully saturated rings. The number of rotatable bonds is 5. The Kier molecular flexibility index (Phi) is 6.20. The zero-order chi connectivity index (χ0) is 20.2. The molecule has 0 spiro atoms. The van der Waals surface area contributed by atoms with Crippen LogP contribution in [0.4, 0.5) is 5.69 Å². The summed E-state index contributed by atoms with van der Waals surface area (Å²) in [4.78, 5) is 13.0. The van der Waals surface area contributed by atoms with Gasteiger partial charge in [0, 0.05) is 18.8 Å². The summed E-state index contributed by atoms with van der Waals surface area (Å²) in [7, 11) is -3.48. The number of benzene rings is 2. The van der Waals surface area contributed by atoms with Crippen molar-refractivity contribution in [3.63, 3.8) is 0 Å². The molecule has 150 valence electrons. The molecule has 0 radical (unpaired) electrons. The average Bonchev–Trinajstić information content (AvgIpc) is 2.99. The third-order valence-corrected chi connectivity index (χ3v) is 7.29. The predicted octanol–water partition coefficient (Wildman–Crippen LogP) is 4.17. The van der Waals surface area contributed by atoms with Gasteiger partial charge in [0.25, 0.3) is 0 Å². The number of amides is 1. The first kappa shape index (κ1) is 20.6. The fourth-order valence-electron chi connectivity index (χ4n) is 3.41. The molecule has 1 saturated heterocycles. The minimum atomic E-state index is -3.48. The lowest BCUT2D eigenvalue weighted by atomic mass is 9.83. The third kappa shape index (κ3) is 4.45. The van der Waals surface area contributed by atoms with Gasteiger partial charge in [-0.2, -0.15) is 4.31 Å². The lowest BCUT2D eigenvalue weighted by Crippen LogP contribution is -2.34. The van der Waals surface area contributed by atoms with E-state index in [2.05, 4.69) is 5.32 Å². The van der Waals surface area contributed by atoms with Gasteiger partial charge in [0.2, 0.25) is 15.9 Å². The van der Waals surface area contributed by atoms with Gasteiger partial charge in [0.05, 0.1) is 10.3 Å². The van der Waals surface area contributed by atoms with E-state index in [1.54, 1.807) is 28.6 Å². The van der Waals surface area contributed by atoms with Gasteiger partial charge >= 0.3 is 0 Å². The number of sulfonamides is 1. The summed E-state index contributed by atoms with van der Waals surface area (Å²) in [6.45, 7) is 4.89. The maximum Gasteiger partial charge on any atom is 0.243 e. The molecule has 6 heteroatoms. The van der Waals surface area contributed by atoms with E-state index in [4.69, 9.17) is 0 Å². The molecular weight excluding hydrogens is 372 g/mol. The molecule has 2 aromatic carbocycles.